The van der Waals surface area contributed by atoms with Gasteiger partial charge in [0, 0.05) is 16.9 Å². The molecule has 0 aromatic heterocycles. The van der Waals surface area contributed by atoms with Gasteiger partial charge in [-0.15, -0.1) is 0 Å². The molecule has 0 bridgehead atoms. The van der Waals surface area contributed by atoms with E-state index in [1.807, 2.05) is 42.7 Å². The first-order valence-electron chi connectivity index (χ1n) is 7.30. The quantitative estimate of drug-likeness (QED) is 0.293. The number of thioether (sulfide) groups is 1. The largest absolute Gasteiger partial charge is 0.466 e. The highest BCUT2D eigenvalue weighted by Crippen LogP contribution is 2.19. The van der Waals surface area contributed by atoms with Crippen LogP contribution in [0.3, 0.4) is 0 Å². The Morgan fingerprint density at radius 3 is 2.64 bits per heavy atom. The van der Waals surface area contributed by atoms with Crippen LogP contribution < -0.4 is 0 Å². The molecule has 1 atom stereocenters. The van der Waals surface area contributed by atoms with E-state index in [0.29, 0.717) is 0 Å². The number of methoxy groups -OCH3 is 1. The van der Waals surface area contributed by atoms with Gasteiger partial charge in [0.2, 0.25) is 0 Å². The molecule has 0 N–H and O–H groups in total. The molecule has 0 radical (unpaired) electrons. The van der Waals surface area contributed by atoms with Crippen LogP contribution in [-0.4, -0.2) is 18.9 Å². The number of rotatable bonds is 9. The number of allylic oxidation sites excluding steroid dienone is 2. The first-order valence-corrected chi connectivity index (χ1v) is 8.18. The minimum atomic E-state index is -0.343. The van der Waals surface area contributed by atoms with E-state index in [1.165, 1.54) is 24.9 Å². The molecular weight excluding hydrogens is 296 g/mol. The lowest BCUT2D eigenvalue weighted by Crippen LogP contribution is -2.07. The first kappa shape index (κ1) is 18.2. The van der Waals surface area contributed by atoms with Crippen molar-refractivity contribution in [2.75, 3.05) is 7.11 Å². The van der Waals surface area contributed by atoms with E-state index < -0.39 is 0 Å². The molecule has 0 saturated carbocycles. The van der Waals surface area contributed by atoms with Crippen LogP contribution >= 0.6 is 11.8 Å². The number of hydrogen-bond donors (Lipinski definition) is 0. The van der Waals surface area contributed by atoms with E-state index in [9.17, 15) is 9.59 Å². The fourth-order valence-corrected chi connectivity index (χ4v) is 2.45. The molecule has 1 unspecified atom stereocenters. The summed E-state index contributed by atoms with van der Waals surface area (Å²) in [4.78, 5) is 24.0. The Labute approximate surface area is 136 Å². The van der Waals surface area contributed by atoms with E-state index in [2.05, 4.69) is 4.74 Å². The zero-order valence-electron chi connectivity index (χ0n) is 13.0. The molecule has 1 rings (SSSR count). The topological polar surface area (TPSA) is 43.4 Å². The van der Waals surface area contributed by atoms with Crippen molar-refractivity contribution < 1.29 is 14.3 Å². The second-order valence-corrected chi connectivity index (χ2v) is 5.87. The van der Waals surface area contributed by atoms with E-state index in [0.717, 1.165) is 24.2 Å². The van der Waals surface area contributed by atoms with Crippen LogP contribution in [0.5, 0.6) is 0 Å². The third-order valence-corrected chi connectivity index (χ3v) is 3.94. The van der Waals surface area contributed by atoms with Gasteiger partial charge < -0.3 is 4.74 Å². The summed E-state index contributed by atoms with van der Waals surface area (Å²) in [7, 11) is 1.35. The average molecular weight is 318 g/mol. The number of benzene rings is 1. The molecule has 0 amide bonds. The van der Waals surface area contributed by atoms with Gasteiger partial charge in [-0.3, -0.25) is 4.79 Å². The lowest BCUT2D eigenvalue weighted by atomic mass is 9.99. The monoisotopic (exact) mass is 318 g/mol. The molecule has 0 fully saturated rings. The van der Waals surface area contributed by atoms with Crippen LogP contribution in [0.15, 0.2) is 58.9 Å². The zero-order chi connectivity index (χ0) is 16.2. The standard InChI is InChI=1S/C18H22O3S/c1-15(9-5-3-8-12-18(20)21-2)17(19)13-14-22-16-10-6-4-7-11-16/h4,6-8,10-15H,3,5,9H2,1-2H3/b12-8-,14-13+. The van der Waals surface area contributed by atoms with E-state index >= 15 is 0 Å². The van der Waals surface area contributed by atoms with Crippen molar-refractivity contribution in [3.8, 4) is 0 Å². The van der Waals surface area contributed by atoms with Crippen molar-refractivity contribution in [3.63, 3.8) is 0 Å². The van der Waals surface area contributed by atoms with Gasteiger partial charge >= 0.3 is 5.97 Å². The van der Waals surface area contributed by atoms with Gasteiger partial charge in [-0.1, -0.05) is 43.0 Å². The van der Waals surface area contributed by atoms with Crippen molar-refractivity contribution in [2.24, 2.45) is 5.92 Å². The summed E-state index contributed by atoms with van der Waals surface area (Å²) >= 11 is 1.54. The van der Waals surface area contributed by atoms with Crippen molar-refractivity contribution >= 4 is 23.5 Å². The Morgan fingerprint density at radius 2 is 1.95 bits per heavy atom. The maximum atomic E-state index is 12.0. The molecule has 22 heavy (non-hydrogen) atoms. The number of carbonyl (C=O) groups is 2. The van der Waals surface area contributed by atoms with Crippen molar-refractivity contribution in [1.82, 2.24) is 0 Å². The van der Waals surface area contributed by atoms with Crippen LogP contribution in [0.25, 0.3) is 0 Å². The highest BCUT2D eigenvalue weighted by atomic mass is 32.2. The zero-order valence-corrected chi connectivity index (χ0v) is 13.8. The first-order chi connectivity index (χ1) is 10.6. The van der Waals surface area contributed by atoms with Gasteiger partial charge in [0.15, 0.2) is 5.78 Å². The van der Waals surface area contributed by atoms with Gasteiger partial charge in [-0.25, -0.2) is 4.79 Å². The summed E-state index contributed by atoms with van der Waals surface area (Å²) in [5.74, 6) is -0.204. The number of carbonyl (C=O) groups excluding carboxylic acids is 2. The van der Waals surface area contributed by atoms with Crippen LogP contribution in [0.4, 0.5) is 0 Å². The molecule has 118 valence electrons. The molecular formula is C18H22O3S. The van der Waals surface area contributed by atoms with E-state index in [1.54, 1.807) is 12.2 Å². The van der Waals surface area contributed by atoms with Gasteiger partial charge in [0.25, 0.3) is 0 Å². The summed E-state index contributed by atoms with van der Waals surface area (Å²) in [6, 6.07) is 9.94. The molecule has 0 aliphatic carbocycles. The highest BCUT2D eigenvalue weighted by Gasteiger charge is 2.08. The normalized spacial score (nSPS) is 12.6. The average Bonchev–Trinajstić information content (AvgIpc) is 2.54. The number of hydrogen-bond acceptors (Lipinski definition) is 4. The van der Waals surface area contributed by atoms with E-state index in [4.69, 9.17) is 0 Å². The fraction of sp³-hybridized carbons (Fsp3) is 0.333. The molecule has 0 saturated heterocycles. The Morgan fingerprint density at radius 1 is 1.23 bits per heavy atom. The van der Waals surface area contributed by atoms with Crippen LogP contribution in [0.2, 0.25) is 0 Å². The fourth-order valence-electron chi connectivity index (χ4n) is 1.77. The summed E-state index contributed by atoms with van der Waals surface area (Å²) < 4.78 is 4.51. The minimum absolute atomic E-state index is 0.000787. The minimum Gasteiger partial charge on any atom is -0.466 e. The second kappa shape index (κ2) is 10.9. The van der Waals surface area contributed by atoms with Crippen LogP contribution in [-0.2, 0) is 14.3 Å². The van der Waals surface area contributed by atoms with Crippen molar-refractivity contribution in [1.29, 1.82) is 0 Å². The predicted molar refractivity (Wildman–Crippen MR) is 90.6 cm³/mol. The second-order valence-electron chi connectivity index (χ2n) is 4.89. The summed E-state index contributed by atoms with van der Waals surface area (Å²) in [6.07, 6.45) is 7.31. The lowest BCUT2D eigenvalue weighted by Gasteiger charge is -2.05. The molecule has 0 heterocycles. The predicted octanol–water partition coefficient (Wildman–Crippen LogP) is 4.40. The Bertz CT molecular complexity index is 520. The third-order valence-electron chi connectivity index (χ3n) is 3.13. The Hall–Kier alpha value is -1.81. The van der Waals surface area contributed by atoms with Gasteiger partial charge in [-0.2, -0.15) is 0 Å². The molecule has 4 heteroatoms. The molecule has 0 spiro atoms. The van der Waals surface area contributed by atoms with E-state index in [-0.39, 0.29) is 17.7 Å². The SMILES string of the molecule is COC(=O)/C=C\CCCC(C)C(=O)/C=C/Sc1ccccc1. The molecule has 0 aliphatic heterocycles. The molecule has 1 aromatic carbocycles. The molecule has 3 nitrogen and oxygen atoms in total. The summed E-state index contributed by atoms with van der Waals surface area (Å²) in [6.45, 7) is 1.93. The van der Waals surface area contributed by atoms with Gasteiger partial charge in [0.05, 0.1) is 7.11 Å². The Kier molecular flexibility index (Phi) is 9.00. The van der Waals surface area contributed by atoms with Crippen molar-refractivity contribution in [3.05, 3.63) is 54.0 Å². The van der Waals surface area contributed by atoms with Crippen LogP contribution in [0.1, 0.15) is 26.2 Å². The van der Waals surface area contributed by atoms with Gasteiger partial charge in [-0.05, 0) is 42.9 Å². The number of unbranched alkanes of at least 4 members (excludes halogenated alkanes) is 1. The maximum absolute atomic E-state index is 12.0. The smallest absolute Gasteiger partial charge is 0.330 e. The van der Waals surface area contributed by atoms with Crippen molar-refractivity contribution in [2.45, 2.75) is 31.1 Å². The summed E-state index contributed by atoms with van der Waals surface area (Å²) in [5, 5.41) is 1.84. The van der Waals surface area contributed by atoms with Gasteiger partial charge in [0.1, 0.15) is 0 Å². The summed E-state index contributed by atoms with van der Waals surface area (Å²) in [5.41, 5.74) is 0. The number of ether oxygens (including phenoxy) is 1. The number of ketones is 1. The third kappa shape index (κ3) is 7.84. The number of esters is 1. The molecule has 0 aliphatic rings. The highest BCUT2D eigenvalue weighted by molar-refractivity contribution is 8.02. The van der Waals surface area contributed by atoms with Crippen LogP contribution in [0, 0.1) is 5.92 Å². The lowest BCUT2D eigenvalue weighted by molar-refractivity contribution is -0.134. The molecule has 1 aromatic rings. The maximum Gasteiger partial charge on any atom is 0.330 e. The Balaban J connectivity index is 2.24.